The van der Waals surface area contributed by atoms with Gasteiger partial charge in [0, 0.05) is 22.3 Å². The molecular formula is C20H16N4O. The summed E-state index contributed by atoms with van der Waals surface area (Å²) < 4.78 is 0. The Bertz CT molecular complexity index is 1010. The predicted molar refractivity (Wildman–Crippen MR) is 101 cm³/mol. The zero-order valence-electron chi connectivity index (χ0n) is 13.4. The van der Waals surface area contributed by atoms with Crippen molar-refractivity contribution in [1.29, 1.82) is 0 Å². The maximum Gasteiger partial charge on any atom is 0.323 e. The number of para-hydroxylation sites is 1. The number of aromatic nitrogens is 2. The van der Waals surface area contributed by atoms with Gasteiger partial charge in [-0.2, -0.15) is 5.10 Å². The van der Waals surface area contributed by atoms with E-state index in [0.29, 0.717) is 5.69 Å². The lowest BCUT2D eigenvalue weighted by Crippen LogP contribution is -2.19. The van der Waals surface area contributed by atoms with Gasteiger partial charge in [-0.1, -0.05) is 48.5 Å². The molecule has 0 atom stereocenters. The van der Waals surface area contributed by atoms with Crippen LogP contribution in [0.4, 0.5) is 16.2 Å². The van der Waals surface area contributed by atoms with Gasteiger partial charge < -0.3 is 10.6 Å². The van der Waals surface area contributed by atoms with Crippen LogP contribution in [0.2, 0.25) is 0 Å². The number of H-pyrrole nitrogens is 1. The number of nitrogens with zero attached hydrogens (tertiary/aromatic N) is 1. The van der Waals surface area contributed by atoms with Crippen LogP contribution in [0.25, 0.3) is 22.2 Å². The first-order valence-corrected chi connectivity index (χ1v) is 7.96. The molecule has 0 saturated carbocycles. The molecule has 1 heterocycles. The van der Waals surface area contributed by atoms with Crippen LogP contribution in [-0.4, -0.2) is 16.2 Å². The van der Waals surface area contributed by atoms with Crippen LogP contribution in [-0.2, 0) is 0 Å². The smallest absolute Gasteiger partial charge is 0.308 e. The number of nitrogens with one attached hydrogen (secondary N) is 3. The number of urea groups is 1. The maximum absolute atomic E-state index is 12.1. The van der Waals surface area contributed by atoms with E-state index in [4.69, 9.17) is 0 Å². The van der Waals surface area contributed by atoms with Gasteiger partial charge in [-0.05, 0) is 30.3 Å². The van der Waals surface area contributed by atoms with Crippen molar-refractivity contribution in [2.45, 2.75) is 0 Å². The van der Waals surface area contributed by atoms with E-state index in [1.54, 1.807) is 0 Å². The third-order valence-electron chi connectivity index (χ3n) is 3.90. The van der Waals surface area contributed by atoms with Gasteiger partial charge in [0.25, 0.3) is 0 Å². The number of aromatic amines is 1. The van der Waals surface area contributed by atoms with Gasteiger partial charge in [0.2, 0.25) is 0 Å². The summed E-state index contributed by atoms with van der Waals surface area (Å²) in [6, 6.07) is 24.7. The van der Waals surface area contributed by atoms with Crippen LogP contribution in [0.5, 0.6) is 0 Å². The predicted octanol–water partition coefficient (Wildman–Crippen LogP) is 4.87. The molecule has 1 aromatic heterocycles. The Morgan fingerprint density at radius 1 is 0.800 bits per heavy atom. The highest BCUT2D eigenvalue weighted by Gasteiger charge is 2.09. The minimum atomic E-state index is -0.284. The summed E-state index contributed by atoms with van der Waals surface area (Å²) in [7, 11) is 0. The number of carbonyl (C=O) groups is 1. The number of hydrogen-bond acceptors (Lipinski definition) is 2. The number of amides is 2. The van der Waals surface area contributed by atoms with Gasteiger partial charge in [-0.15, -0.1) is 0 Å². The van der Waals surface area contributed by atoms with Crippen molar-refractivity contribution >= 4 is 28.3 Å². The first-order valence-electron chi connectivity index (χ1n) is 7.96. The van der Waals surface area contributed by atoms with Gasteiger partial charge in [-0.25, -0.2) is 4.79 Å². The Morgan fingerprint density at radius 3 is 2.24 bits per heavy atom. The molecule has 0 aliphatic carbocycles. The summed E-state index contributed by atoms with van der Waals surface area (Å²) in [5.74, 6) is 0. The zero-order valence-corrected chi connectivity index (χ0v) is 13.4. The summed E-state index contributed by atoms with van der Waals surface area (Å²) in [6.07, 6.45) is 0. The molecule has 0 fully saturated rings. The Kier molecular flexibility index (Phi) is 3.88. The average molecular weight is 328 g/mol. The maximum atomic E-state index is 12.1. The van der Waals surface area contributed by atoms with E-state index in [0.717, 1.165) is 27.8 Å². The molecule has 4 aromatic rings. The zero-order chi connectivity index (χ0) is 17.1. The highest BCUT2D eigenvalue weighted by molar-refractivity contribution is 6.02. The number of hydrogen-bond donors (Lipinski definition) is 3. The minimum absolute atomic E-state index is 0.284. The SMILES string of the molecule is O=C(Nc1ccccc1)Nc1ccc2c(-c3ccccc3)n[nH]c2c1. The number of fused-ring (bicyclic) bond motifs is 1. The third-order valence-corrected chi connectivity index (χ3v) is 3.90. The van der Waals surface area contributed by atoms with Gasteiger partial charge >= 0.3 is 6.03 Å². The van der Waals surface area contributed by atoms with Gasteiger partial charge in [-0.3, -0.25) is 5.10 Å². The summed E-state index contributed by atoms with van der Waals surface area (Å²) in [5.41, 5.74) is 4.27. The average Bonchev–Trinajstić information content (AvgIpc) is 3.06. The van der Waals surface area contributed by atoms with Crippen LogP contribution in [0.3, 0.4) is 0 Å². The number of anilines is 2. The minimum Gasteiger partial charge on any atom is -0.308 e. The van der Waals surface area contributed by atoms with Crippen molar-refractivity contribution in [3.63, 3.8) is 0 Å². The second kappa shape index (κ2) is 6.49. The summed E-state index contributed by atoms with van der Waals surface area (Å²) in [4.78, 5) is 12.1. The van der Waals surface area contributed by atoms with Crippen molar-refractivity contribution in [3.05, 3.63) is 78.9 Å². The first kappa shape index (κ1) is 15.0. The Hall–Kier alpha value is -3.60. The fourth-order valence-electron chi connectivity index (χ4n) is 2.73. The monoisotopic (exact) mass is 328 g/mol. The van der Waals surface area contributed by atoms with E-state index < -0.39 is 0 Å². The first-order chi connectivity index (χ1) is 12.3. The molecule has 4 rings (SSSR count). The fraction of sp³-hybridized carbons (Fsp3) is 0. The van der Waals surface area contributed by atoms with Crippen LogP contribution in [0.15, 0.2) is 78.9 Å². The van der Waals surface area contributed by atoms with Crippen molar-refractivity contribution in [3.8, 4) is 11.3 Å². The molecule has 0 aliphatic heterocycles. The van der Waals surface area contributed by atoms with Gasteiger partial charge in [0.15, 0.2) is 0 Å². The fourth-order valence-corrected chi connectivity index (χ4v) is 2.73. The highest BCUT2D eigenvalue weighted by Crippen LogP contribution is 2.27. The van der Waals surface area contributed by atoms with Gasteiger partial charge in [0.1, 0.15) is 0 Å². The molecule has 0 bridgehead atoms. The molecule has 5 nitrogen and oxygen atoms in total. The number of carbonyl (C=O) groups excluding carboxylic acids is 1. The van der Waals surface area contributed by atoms with Crippen molar-refractivity contribution in [2.24, 2.45) is 0 Å². The summed E-state index contributed by atoms with van der Waals surface area (Å²) in [6.45, 7) is 0. The molecule has 5 heteroatoms. The van der Waals surface area contributed by atoms with E-state index >= 15 is 0 Å². The van der Waals surface area contributed by atoms with Crippen LogP contribution >= 0.6 is 0 Å². The summed E-state index contributed by atoms with van der Waals surface area (Å²) >= 11 is 0. The van der Waals surface area contributed by atoms with Crippen LogP contribution in [0, 0.1) is 0 Å². The second-order valence-corrected chi connectivity index (χ2v) is 5.64. The van der Waals surface area contributed by atoms with E-state index in [2.05, 4.69) is 20.8 Å². The van der Waals surface area contributed by atoms with E-state index in [1.165, 1.54) is 0 Å². The molecular weight excluding hydrogens is 312 g/mol. The Labute approximate surface area is 144 Å². The quantitative estimate of drug-likeness (QED) is 0.502. The number of benzene rings is 3. The second-order valence-electron chi connectivity index (χ2n) is 5.64. The molecule has 25 heavy (non-hydrogen) atoms. The summed E-state index contributed by atoms with van der Waals surface area (Å²) in [5, 5.41) is 14.1. The molecule has 0 aliphatic rings. The molecule has 0 unspecified atom stereocenters. The highest BCUT2D eigenvalue weighted by atomic mass is 16.2. The standard InChI is InChI=1S/C20H16N4O/c25-20(21-15-9-5-2-6-10-15)22-16-11-12-17-18(13-16)23-24-19(17)14-7-3-1-4-8-14/h1-13H,(H,23,24)(H2,21,22,25). The topological polar surface area (TPSA) is 69.8 Å². The van der Waals surface area contributed by atoms with Crippen molar-refractivity contribution < 1.29 is 4.79 Å². The molecule has 3 aromatic carbocycles. The van der Waals surface area contributed by atoms with E-state index in [9.17, 15) is 4.79 Å². The van der Waals surface area contributed by atoms with Crippen LogP contribution in [0.1, 0.15) is 0 Å². The van der Waals surface area contributed by atoms with Crippen molar-refractivity contribution in [2.75, 3.05) is 10.6 Å². The molecule has 0 saturated heterocycles. The molecule has 2 amide bonds. The largest absolute Gasteiger partial charge is 0.323 e. The lowest BCUT2D eigenvalue weighted by atomic mass is 10.1. The normalized spacial score (nSPS) is 10.6. The van der Waals surface area contributed by atoms with Crippen molar-refractivity contribution in [1.82, 2.24) is 10.2 Å². The Morgan fingerprint density at radius 2 is 1.48 bits per heavy atom. The third kappa shape index (κ3) is 3.21. The molecule has 0 radical (unpaired) electrons. The van der Waals surface area contributed by atoms with E-state index in [-0.39, 0.29) is 6.03 Å². The lowest BCUT2D eigenvalue weighted by molar-refractivity contribution is 0.262. The van der Waals surface area contributed by atoms with Gasteiger partial charge in [0.05, 0.1) is 11.2 Å². The van der Waals surface area contributed by atoms with Crippen LogP contribution < -0.4 is 10.6 Å². The lowest BCUT2D eigenvalue weighted by Gasteiger charge is -2.07. The molecule has 122 valence electrons. The molecule has 3 N–H and O–H groups in total. The number of rotatable bonds is 3. The van der Waals surface area contributed by atoms with E-state index in [1.807, 2.05) is 78.9 Å². The molecule has 0 spiro atoms. The Balaban J connectivity index is 1.55.